The van der Waals surface area contributed by atoms with Crippen molar-refractivity contribution in [2.75, 3.05) is 13.1 Å². The summed E-state index contributed by atoms with van der Waals surface area (Å²) in [6.45, 7) is 4.56. The van der Waals surface area contributed by atoms with E-state index in [1.165, 1.54) is 0 Å². The Labute approximate surface area is 107 Å². The molecular formula is C13H21NO4. The van der Waals surface area contributed by atoms with Gasteiger partial charge in [-0.3, -0.25) is 9.59 Å². The summed E-state index contributed by atoms with van der Waals surface area (Å²) in [5, 5.41) is 19.0. The highest BCUT2D eigenvalue weighted by molar-refractivity contribution is 5.85. The fourth-order valence-corrected chi connectivity index (χ4v) is 3.21. The molecule has 4 unspecified atom stereocenters. The normalized spacial score (nSPS) is 40.2. The molecule has 0 aromatic heterocycles. The second-order valence-electron chi connectivity index (χ2n) is 6.13. The first-order valence-corrected chi connectivity index (χ1v) is 6.54. The molecule has 0 bridgehead atoms. The van der Waals surface area contributed by atoms with Gasteiger partial charge in [-0.2, -0.15) is 0 Å². The second kappa shape index (κ2) is 4.53. The lowest BCUT2D eigenvalue weighted by molar-refractivity contribution is -0.149. The Morgan fingerprint density at radius 3 is 2.39 bits per heavy atom. The SMILES string of the molecule is CC1CC(C(=O)O)C(C(=O)N2CCC(C)(O)C2)C1. The summed E-state index contributed by atoms with van der Waals surface area (Å²) < 4.78 is 0. The standard InChI is InChI=1S/C13H21NO4/c1-8-5-9(10(6-8)12(16)17)11(15)14-4-3-13(2,18)7-14/h8-10,18H,3-7H2,1-2H3,(H,16,17). The number of hydrogen-bond donors (Lipinski definition) is 2. The molecule has 2 aliphatic rings. The van der Waals surface area contributed by atoms with Crippen LogP contribution in [0.15, 0.2) is 0 Å². The highest BCUT2D eigenvalue weighted by atomic mass is 16.4. The molecule has 4 atom stereocenters. The Morgan fingerprint density at radius 2 is 1.89 bits per heavy atom. The van der Waals surface area contributed by atoms with E-state index in [0.29, 0.717) is 32.4 Å². The molecule has 1 saturated heterocycles. The van der Waals surface area contributed by atoms with Crippen LogP contribution < -0.4 is 0 Å². The summed E-state index contributed by atoms with van der Waals surface area (Å²) in [5.41, 5.74) is -0.821. The van der Waals surface area contributed by atoms with Crippen molar-refractivity contribution in [2.45, 2.75) is 38.7 Å². The molecule has 1 saturated carbocycles. The third-order valence-corrected chi connectivity index (χ3v) is 4.20. The Kier molecular flexibility index (Phi) is 3.36. The molecule has 1 heterocycles. The van der Waals surface area contributed by atoms with E-state index < -0.39 is 23.4 Å². The van der Waals surface area contributed by atoms with E-state index in [-0.39, 0.29) is 11.8 Å². The monoisotopic (exact) mass is 255 g/mol. The number of nitrogens with zero attached hydrogens (tertiary/aromatic N) is 1. The van der Waals surface area contributed by atoms with Gasteiger partial charge in [0.25, 0.3) is 0 Å². The van der Waals surface area contributed by atoms with Gasteiger partial charge in [0.15, 0.2) is 0 Å². The van der Waals surface area contributed by atoms with Crippen LogP contribution in [0.1, 0.15) is 33.1 Å². The lowest BCUT2D eigenvalue weighted by Crippen LogP contribution is -2.40. The van der Waals surface area contributed by atoms with E-state index in [0.717, 1.165) is 0 Å². The number of likely N-dealkylation sites (tertiary alicyclic amines) is 1. The summed E-state index contributed by atoms with van der Waals surface area (Å²) in [4.78, 5) is 25.2. The molecule has 2 fully saturated rings. The lowest BCUT2D eigenvalue weighted by atomic mass is 9.95. The average molecular weight is 255 g/mol. The molecule has 5 nitrogen and oxygen atoms in total. The first-order valence-electron chi connectivity index (χ1n) is 6.54. The molecule has 1 aliphatic carbocycles. The molecule has 18 heavy (non-hydrogen) atoms. The number of hydrogen-bond acceptors (Lipinski definition) is 3. The average Bonchev–Trinajstić information content (AvgIpc) is 2.80. The first kappa shape index (κ1) is 13.3. The fourth-order valence-electron chi connectivity index (χ4n) is 3.21. The molecule has 2 rings (SSSR count). The predicted octanol–water partition coefficient (Wildman–Crippen LogP) is 0.717. The zero-order chi connectivity index (χ0) is 13.5. The van der Waals surface area contributed by atoms with Gasteiger partial charge in [-0.05, 0) is 32.1 Å². The third-order valence-electron chi connectivity index (χ3n) is 4.20. The van der Waals surface area contributed by atoms with Crippen LogP contribution in [0.5, 0.6) is 0 Å². The maximum absolute atomic E-state index is 12.3. The number of rotatable bonds is 2. The van der Waals surface area contributed by atoms with Crippen LogP contribution in [0.25, 0.3) is 0 Å². The predicted molar refractivity (Wildman–Crippen MR) is 64.8 cm³/mol. The van der Waals surface area contributed by atoms with Gasteiger partial charge in [0.1, 0.15) is 0 Å². The van der Waals surface area contributed by atoms with Crippen molar-refractivity contribution in [3.05, 3.63) is 0 Å². The fraction of sp³-hybridized carbons (Fsp3) is 0.846. The molecule has 0 spiro atoms. The summed E-state index contributed by atoms with van der Waals surface area (Å²) in [6.07, 6.45) is 1.79. The first-order chi connectivity index (χ1) is 8.30. The smallest absolute Gasteiger partial charge is 0.307 e. The Morgan fingerprint density at radius 1 is 1.28 bits per heavy atom. The third kappa shape index (κ3) is 2.51. The largest absolute Gasteiger partial charge is 0.481 e. The molecular weight excluding hydrogens is 234 g/mol. The summed E-state index contributed by atoms with van der Waals surface area (Å²) in [7, 11) is 0. The zero-order valence-corrected chi connectivity index (χ0v) is 10.9. The van der Waals surface area contributed by atoms with Crippen LogP contribution >= 0.6 is 0 Å². The summed E-state index contributed by atoms with van der Waals surface area (Å²) in [5.74, 6) is -1.65. The number of aliphatic carboxylic acids is 1. The highest BCUT2D eigenvalue weighted by Gasteiger charge is 2.45. The molecule has 1 amide bonds. The molecule has 0 aromatic rings. The maximum atomic E-state index is 12.3. The van der Waals surface area contributed by atoms with Crippen molar-refractivity contribution in [3.63, 3.8) is 0 Å². The van der Waals surface area contributed by atoms with E-state index in [2.05, 4.69) is 0 Å². The minimum absolute atomic E-state index is 0.0930. The summed E-state index contributed by atoms with van der Waals surface area (Å²) >= 11 is 0. The van der Waals surface area contributed by atoms with Crippen molar-refractivity contribution < 1.29 is 19.8 Å². The van der Waals surface area contributed by atoms with Gasteiger partial charge >= 0.3 is 5.97 Å². The van der Waals surface area contributed by atoms with Crippen LogP contribution in [0.4, 0.5) is 0 Å². The van der Waals surface area contributed by atoms with Gasteiger partial charge in [0, 0.05) is 13.1 Å². The highest BCUT2D eigenvalue weighted by Crippen LogP contribution is 2.38. The summed E-state index contributed by atoms with van der Waals surface area (Å²) in [6, 6.07) is 0. The number of carboxylic acid groups (broad SMARTS) is 1. The van der Waals surface area contributed by atoms with Crippen molar-refractivity contribution in [2.24, 2.45) is 17.8 Å². The number of carbonyl (C=O) groups excluding carboxylic acids is 1. The Balaban J connectivity index is 2.07. The van der Waals surface area contributed by atoms with E-state index in [1.54, 1.807) is 11.8 Å². The Hall–Kier alpha value is -1.10. The number of amides is 1. The van der Waals surface area contributed by atoms with Crippen LogP contribution in [-0.2, 0) is 9.59 Å². The topological polar surface area (TPSA) is 77.8 Å². The zero-order valence-electron chi connectivity index (χ0n) is 10.9. The lowest BCUT2D eigenvalue weighted by Gasteiger charge is -2.24. The van der Waals surface area contributed by atoms with Gasteiger partial charge in [-0.1, -0.05) is 6.92 Å². The van der Waals surface area contributed by atoms with Crippen molar-refractivity contribution in [3.8, 4) is 0 Å². The van der Waals surface area contributed by atoms with Gasteiger partial charge in [0.2, 0.25) is 5.91 Å². The number of β-amino-alcohol motifs (C(OH)–C–C–N with tert-alkyl or cyclic N) is 1. The van der Waals surface area contributed by atoms with E-state index >= 15 is 0 Å². The number of carbonyl (C=O) groups is 2. The minimum Gasteiger partial charge on any atom is -0.481 e. The molecule has 2 N–H and O–H groups in total. The van der Waals surface area contributed by atoms with Crippen LogP contribution in [0.3, 0.4) is 0 Å². The van der Waals surface area contributed by atoms with Gasteiger partial charge in [-0.25, -0.2) is 0 Å². The van der Waals surface area contributed by atoms with Crippen molar-refractivity contribution in [1.82, 2.24) is 4.90 Å². The Bertz CT molecular complexity index is 366. The van der Waals surface area contributed by atoms with E-state index in [4.69, 9.17) is 0 Å². The maximum Gasteiger partial charge on any atom is 0.307 e. The number of carboxylic acids is 1. The molecule has 0 aromatic carbocycles. The molecule has 5 heteroatoms. The second-order valence-corrected chi connectivity index (χ2v) is 6.13. The van der Waals surface area contributed by atoms with Gasteiger partial charge in [-0.15, -0.1) is 0 Å². The number of aliphatic hydroxyl groups is 1. The van der Waals surface area contributed by atoms with Crippen molar-refractivity contribution in [1.29, 1.82) is 0 Å². The molecule has 1 aliphatic heterocycles. The molecule has 0 radical (unpaired) electrons. The quantitative estimate of drug-likeness (QED) is 0.762. The van der Waals surface area contributed by atoms with Crippen LogP contribution in [0.2, 0.25) is 0 Å². The van der Waals surface area contributed by atoms with Gasteiger partial charge < -0.3 is 15.1 Å². The molecule has 102 valence electrons. The van der Waals surface area contributed by atoms with Gasteiger partial charge in [0.05, 0.1) is 17.4 Å². The van der Waals surface area contributed by atoms with Crippen molar-refractivity contribution >= 4 is 11.9 Å². The van der Waals surface area contributed by atoms with Crippen LogP contribution in [-0.4, -0.2) is 45.7 Å². The van der Waals surface area contributed by atoms with Crippen LogP contribution in [0, 0.1) is 17.8 Å². The van der Waals surface area contributed by atoms with E-state index in [9.17, 15) is 19.8 Å². The minimum atomic E-state index is -0.872. The van der Waals surface area contributed by atoms with E-state index in [1.807, 2.05) is 6.92 Å².